The molecule has 0 N–H and O–H groups in total. The summed E-state index contributed by atoms with van der Waals surface area (Å²) >= 11 is 6.77. The van der Waals surface area contributed by atoms with Crippen LogP contribution in [0, 0.1) is 0 Å². The lowest BCUT2D eigenvalue weighted by molar-refractivity contribution is -0.107. The SMILES string of the molecule is O=CC(SC=CCl)c1ccccc1. The Kier molecular flexibility index (Phi) is 4.65. The van der Waals surface area contributed by atoms with Gasteiger partial charge in [-0.25, -0.2) is 0 Å². The minimum Gasteiger partial charge on any atom is -0.302 e. The third kappa shape index (κ3) is 3.25. The predicted octanol–water partition coefficient (Wildman–Crippen LogP) is 3.37. The summed E-state index contributed by atoms with van der Waals surface area (Å²) in [5.41, 5.74) is 2.40. The third-order valence-electron chi connectivity index (χ3n) is 1.53. The van der Waals surface area contributed by atoms with E-state index >= 15 is 0 Å². The Bertz CT molecular complexity index is 284. The van der Waals surface area contributed by atoms with Gasteiger partial charge in [-0.05, 0) is 11.0 Å². The van der Waals surface area contributed by atoms with Crippen molar-refractivity contribution in [3.63, 3.8) is 0 Å². The van der Waals surface area contributed by atoms with Crippen LogP contribution in [0.1, 0.15) is 10.8 Å². The maximum atomic E-state index is 10.7. The highest BCUT2D eigenvalue weighted by Crippen LogP contribution is 2.27. The molecule has 68 valence electrons. The van der Waals surface area contributed by atoms with Crippen molar-refractivity contribution in [1.82, 2.24) is 0 Å². The van der Waals surface area contributed by atoms with Crippen molar-refractivity contribution in [2.24, 2.45) is 0 Å². The molecule has 0 amide bonds. The largest absolute Gasteiger partial charge is 0.302 e. The van der Waals surface area contributed by atoms with Gasteiger partial charge in [0.05, 0.1) is 5.25 Å². The van der Waals surface area contributed by atoms with Crippen molar-refractivity contribution in [2.75, 3.05) is 0 Å². The number of aldehydes is 1. The Morgan fingerprint density at radius 2 is 2.00 bits per heavy atom. The number of thioether (sulfide) groups is 1. The molecule has 0 bridgehead atoms. The number of halogens is 1. The zero-order valence-electron chi connectivity index (χ0n) is 6.89. The fraction of sp³-hybridized carbons (Fsp3) is 0.100. The molecule has 0 saturated carbocycles. The van der Waals surface area contributed by atoms with Crippen LogP contribution in [0.25, 0.3) is 0 Å². The molecule has 0 aliphatic carbocycles. The first kappa shape index (κ1) is 10.4. The summed E-state index contributed by atoms with van der Waals surface area (Å²) < 4.78 is 0. The average Bonchev–Trinajstić information content (AvgIpc) is 2.21. The van der Waals surface area contributed by atoms with Crippen LogP contribution < -0.4 is 0 Å². The van der Waals surface area contributed by atoms with E-state index in [-0.39, 0.29) is 5.25 Å². The maximum Gasteiger partial charge on any atom is 0.137 e. The molecular formula is C10H9ClOS. The van der Waals surface area contributed by atoms with Gasteiger partial charge in [0.15, 0.2) is 0 Å². The number of carbonyl (C=O) groups excluding carboxylic acids is 1. The quantitative estimate of drug-likeness (QED) is 0.712. The Labute approximate surface area is 86.8 Å². The summed E-state index contributed by atoms with van der Waals surface area (Å²) in [6, 6.07) is 9.60. The van der Waals surface area contributed by atoms with Crippen LogP contribution >= 0.6 is 23.4 Å². The Morgan fingerprint density at radius 3 is 2.54 bits per heavy atom. The standard InChI is InChI=1S/C10H9ClOS/c11-6-7-13-10(8-12)9-4-2-1-3-5-9/h1-8,10H. The second kappa shape index (κ2) is 5.84. The van der Waals surface area contributed by atoms with E-state index in [0.717, 1.165) is 11.8 Å². The van der Waals surface area contributed by atoms with Crippen LogP contribution in [0.3, 0.4) is 0 Å². The molecule has 1 unspecified atom stereocenters. The fourth-order valence-electron chi connectivity index (χ4n) is 0.946. The number of carbonyl (C=O) groups is 1. The van der Waals surface area contributed by atoms with Crippen LogP contribution in [-0.4, -0.2) is 6.29 Å². The van der Waals surface area contributed by atoms with E-state index in [4.69, 9.17) is 11.6 Å². The molecule has 1 aromatic rings. The highest BCUT2D eigenvalue weighted by molar-refractivity contribution is 8.02. The molecule has 0 heterocycles. The van der Waals surface area contributed by atoms with Crippen LogP contribution in [0.15, 0.2) is 41.3 Å². The molecule has 0 aliphatic heterocycles. The summed E-state index contributed by atoms with van der Waals surface area (Å²) in [6.45, 7) is 0. The highest BCUT2D eigenvalue weighted by Gasteiger charge is 2.07. The molecule has 1 nitrogen and oxygen atoms in total. The molecule has 1 rings (SSSR count). The Morgan fingerprint density at radius 1 is 1.31 bits per heavy atom. The van der Waals surface area contributed by atoms with Crippen molar-refractivity contribution in [2.45, 2.75) is 5.25 Å². The second-order valence-corrected chi connectivity index (χ2v) is 3.67. The monoisotopic (exact) mass is 212 g/mol. The zero-order valence-corrected chi connectivity index (χ0v) is 8.46. The van der Waals surface area contributed by atoms with Gasteiger partial charge in [0.2, 0.25) is 0 Å². The van der Waals surface area contributed by atoms with E-state index in [2.05, 4.69) is 0 Å². The van der Waals surface area contributed by atoms with Crippen LogP contribution in [0.4, 0.5) is 0 Å². The minimum absolute atomic E-state index is 0.156. The Hall–Kier alpha value is -0.730. The van der Waals surface area contributed by atoms with E-state index in [1.807, 2.05) is 30.3 Å². The summed E-state index contributed by atoms with van der Waals surface area (Å²) in [5.74, 6) is 0. The van der Waals surface area contributed by atoms with Crippen molar-refractivity contribution < 1.29 is 4.79 Å². The molecular weight excluding hydrogens is 204 g/mol. The topological polar surface area (TPSA) is 17.1 Å². The van der Waals surface area contributed by atoms with Gasteiger partial charge in [-0.3, -0.25) is 0 Å². The van der Waals surface area contributed by atoms with E-state index in [0.29, 0.717) is 0 Å². The summed E-state index contributed by atoms with van der Waals surface area (Å²) in [5, 5.41) is 1.55. The lowest BCUT2D eigenvalue weighted by Crippen LogP contribution is -1.92. The van der Waals surface area contributed by atoms with E-state index in [9.17, 15) is 4.79 Å². The lowest BCUT2D eigenvalue weighted by atomic mass is 10.2. The first-order valence-corrected chi connectivity index (χ1v) is 5.17. The third-order valence-corrected chi connectivity index (χ3v) is 2.77. The van der Waals surface area contributed by atoms with Gasteiger partial charge in [0, 0.05) is 5.54 Å². The van der Waals surface area contributed by atoms with Crippen LogP contribution in [0.5, 0.6) is 0 Å². The van der Waals surface area contributed by atoms with E-state index < -0.39 is 0 Å². The van der Waals surface area contributed by atoms with Gasteiger partial charge >= 0.3 is 0 Å². The molecule has 1 aromatic carbocycles. The molecule has 0 spiro atoms. The number of hydrogen-bond acceptors (Lipinski definition) is 2. The lowest BCUT2D eigenvalue weighted by Gasteiger charge is -2.05. The first-order chi connectivity index (χ1) is 6.38. The number of rotatable bonds is 4. The minimum atomic E-state index is -0.156. The van der Waals surface area contributed by atoms with Crippen LogP contribution in [0.2, 0.25) is 0 Å². The summed E-state index contributed by atoms with van der Waals surface area (Å²) in [4.78, 5) is 10.7. The Balaban J connectivity index is 2.72. The van der Waals surface area contributed by atoms with Crippen molar-refractivity contribution >= 4 is 29.6 Å². The predicted molar refractivity (Wildman–Crippen MR) is 57.8 cm³/mol. The first-order valence-electron chi connectivity index (χ1n) is 3.79. The fourth-order valence-corrected chi connectivity index (χ4v) is 1.73. The van der Waals surface area contributed by atoms with E-state index in [1.54, 1.807) is 5.41 Å². The average molecular weight is 213 g/mol. The van der Waals surface area contributed by atoms with Gasteiger partial charge in [-0.2, -0.15) is 0 Å². The summed E-state index contributed by atoms with van der Waals surface area (Å²) in [7, 11) is 0. The second-order valence-electron chi connectivity index (χ2n) is 2.37. The molecule has 3 heteroatoms. The molecule has 1 atom stereocenters. The number of hydrogen-bond donors (Lipinski definition) is 0. The molecule has 0 aromatic heterocycles. The van der Waals surface area contributed by atoms with E-state index in [1.165, 1.54) is 17.3 Å². The molecule has 0 fully saturated rings. The summed E-state index contributed by atoms with van der Waals surface area (Å²) in [6.07, 6.45) is 0.914. The highest BCUT2D eigenvalue weighted by atomic mass is 35.5. The van der Waals surface area contributed by atoms with Gasteiger partial charge in [0.25, 0.3) is 0 Å². The molecule has 0 saturated heterocycles. The zero-order chi connectivity index (χ0) is 9.52. The number of benzene rings is 1. The van der Waals surface area contributed by atoms with Crippen molar-refractivity contribution in [3.05, 3.63) is 46.8 Å². The van der Waals surface area contributed by atoms with Gasteiger partial charge in [-0.1, -0.05) is 41.9 Å². The molecule has 0 radical (unpaired) electrons. The molecule has 13 heavy (non-hydrogen) atoms. The van der Waals surface area contributed by atoms with Gasteiger partial charge in [-0.15, -0.1) is 11.8 Å². The molecule has 0 aliphatic rings. The van der Waals surface area contributed by atoms with Gasteiger partial charge < -0.3 is 4.79 Å². The van der Waals surface area contributed by atoms with Gasteiger partial charge in [0.1, 0.15) is 6.29 Å². The van der Waals surface area contributed by atoms with Crippen molar-refractivity contribution in [3.8, 4) is 0 Å². The smallest absolute Gasteiger partial charge is 0.137 e. The van der Waals surface area contributed by atoms with Crippen LogP contribution in [-0.2, 0) is 4.79 Å². The van der Waals surface area contributed by atoms with Crippen molar-refractivity contribution in [1.29, 1.82) is 0 Å². The maximum absolute atomic E-state index is 10.7. The normalized spacial score (nSPS) is 13.0.